The smallest absolute Gasteiger partial charge is 0.328 e. The molecule has 1 N–H and O–H groups in total. The molecule has 0 saturated heterocycles. The van der Waals surface area contributed by atoms with E-state index in [1.807, 2.05) is 30.4 Å². The summed E-state index contributed by atoms with van der Waals surface area (Å²) in [6.45, 7) is 3.85. The molecule has 3 rings (SSSR count). The van der Waals surface area contributed by atoms with Crippen LogP contribution in [-0.2, 0) is 4.79 Å². The highest BCUT2D eigenvalue weighted by Gasteiger charge is 2.19. The molecule has 3 nitrogen and oxygen atoms in total. The first-order valence-corrected chi connectivity index (χ1v) is 9.04. The van der Waals surface area contributed by atoms with Gasteiger partial charge in [-0.1, -0.05) is 42.5 Å². The predicted molar refractivity (Wildman–Crippen MR) is 107 cm³/mol. The van der Waals surface area contributed by atoms with Crippen molar-refractivity contribution in [3.63, 3.8) is 0 Å². The molecule has 0 amide bonds. The highest BCUT2D eigenvalue weighted by Crippen LogP contribution is 2.38. The van der Waals surface area contributed by atoms with Crippen LogP contribution < -0.4 is 0 Å². The summed E-state index contributed by atoms with van der Waals surface area (Å²) in [5.41, 5.74) is 5.15. The van der Waals surface area contributed by atoms with Crippen LogP contribution in [0.5, 0.6) is 0 Å². The van der Waals surface area contributed by atoms with E-state index >= 15 is 0 Å². The fourth-order valence-corrected chi connectivity index (χ4v) is 3.38. The van der Waals surface area contributed by atoms with Crippen LogP contribution in [0.15, 0.2) is 64.6 Å². The number of benzene rings is 1. The molecule has 0 aliphatic heterocycles. The summed E-state index contributed by atoms with van der Waals surface area (Å²) >= 11 is 0. The highest BCUT2D eigenvalue weighted by atomic mass is 16.4. The SMILES string of the molecule is C/C(=C/C=C/C(C)=C/C(=O)O)c1c(C2=CCCCC2)oc2ccccc12. The van der Waals surface area contributed by atoms with E-state index in [-0.39, 0.29) is 0 Å². The van der Waals surface area contributed by atoms with Crippen LogP contribution in [0, 0.1) is 0 Å². The zero-order valence-corrected chi connectivity index (χ0v) is 15.3. The van der Waals surface area contributed by atoms with E-state index < -0.39 is 5.97 Å². The first kappa shape index (κ1) is 18.0. The number of rotatable bonds is 5. The predicted octanol–water partition coefficient (Wildman–Crippen LogP) is 6.38. The number of aliphatic carboxylic acids is 1. The zero-order valence-electron chi connectivity index (χ0n) is 15.3. The lowest BCUT2D eigenvalue weighted by atomic mass is 9.92. The number of carboxylic acids is 1. The Bertz CT molecular complexity index is 936. The van der Waals surface area contributed by atoms with Crippen LogP contribution in [0.2, 0.25) is 0 Å². The summed E-state index contributed by atoms with van der Waals surface area (Å²) in [6, 6.07) is 8.13. The maximum Gasteiger partial charge on any atom is 0.328 e. The molecule has 2 aromatic rings. The van der Waals surface area contributed by atoms with Gasteiger partial charge in [-0.15, -0.1) is 0 Å². The van der Waals surface area contributed by atoms with Crippen molar-refractivity contribution in [3.8, 4) is 0 Å². The van der Waals surface area contributed by atoms with E-state index in [1.54, 1.807) is 13.0 Å². The molecule has 0 unspecified atom stereocenters. The van der Waals surface area contributed by atoms with E-state index in [0.29, 0.717) is 5.57 Å². The minimum absolute atomic E-state index is 0.703. The number of carbonyl (C=O) groups is 1. The Morgan fingerprint density at radius 1 is 1.19 bits per heavy atom. The quantitative estimate of drug-likeness (QED) is 0.504. The molecule has 134 valence electrons. The van der Waals surface area contributed by atoms with E-state index in [2.05, 4.69) is 19.1 Å². The van der Waals surface area contributed by atoms with Gasteiger partial charge in [-0.05, 0) is 62.3 Å². The molecule has 0 fully saturated rings. The molecule has 1 aromatic heterocycles. The van der Waals surface area contributed by atoms with Crippen molar-refractivity contribution in [2.24, 2.45) is 0 Å². The maximum atomic E-state index is 10.7. The molecule has 1 heterocycles. The van der Waals surface area contributed by atoms with Gasteiger partial charge in [-0.25, -0.2) is 4.79 Å². The first-order valence-electron chi connectivity index (χ1n) is 9.04. The van der Waals surface area contributed by atoms with Gasteiger partial charge in [0.1, 0.15) is 11.3 Å². The summed E-state index contributed by atoms with van der Waals surface area (Å²) < 4.78 is 6.22. The third kappa shape index (κ3) is 4.05. The largest absolute Gasteiger partial charge is 0.478 e. The van der Waals surface area contributed by atoms with Gasteiger partial charge in [-0.3, -0.25) is 0 Å². The zero-order chi connectivity index (χ0) is 18.5. The van der Waals surface area contributed by atoms with Crippen LogP contribution in [0.25, 0.3) is 22.1 Å². The monoisotopic (exact) mass is 348 g/mol. The summed E-state index contributed by atoms with van der Waals surface area (Å²) in [5.74, 6) is 0.0473. The van der Waals surface area contributed by atoms with Gasteiger partial charge in [0, 0.05) is 17.0 Å². The fraction of sp³-hybridized carbons (Fsp3) is 0.261. The Kier molecular flexibility index (Phi) is 5.57. The molecule has 0 radical (unpaired) electrons. The van der Waals surface area contributed by atoms with Crippen molar-refractivity contribution in [1.82, 2.24) is 0 Å². The highest BCUT2D eigenvalue weighted by molar-refractivity contribution is 5.96. The van der Waals surface area contributed by atoms with Gasteiger partial charge in [0.25, 0.3) is 0 Å². The lowest BCUT2D eigenvalue weighted by molar-refractivity contribution is -0.131. The van der Waals surface area contributed by atoms with Gasteiger partial charge >= 0.3 is 5.97 Å². The first-order chi connectivity index (χ1) is 12.6. The number of allylic oxidation sites excluding steroid dienone is 7. The van der Waals surface area contributed by atoms with Crippen molar-refractivity contribution in [3.05, 3.63) is 71.5 Å². The van der Waals surface area contributed by atoms with Crippen LogP contribution in [0.3, 0.4) is 0 Å². The van der Waals surface area contributed by atoms with Crippen LogP contribution in [-0.4, -0.2) is 11.1 Å². The normalized spacial score (nSPS) is 16.3. The second-order valence-electron chi connectivity index (χ2n) is 6.71. The number of carboxylic acid groups (broad SMARTS) is 1. The van der Waals surface area contributed by atoms with E-state index in [9.17, 15) is 4.79 Å². The van der Waals surface area contributed by atoms with E-state index in [0.717, 1.165) is 40.7 Å². The Morgan fingerprint density at radius 3 is 2.73 bits per heavy atom. The van der Waals surface area contributed by atoms with Gasteiger partial charge in [0.2, 0.25) is 0 Å². The summed E-state index contributed by atoms with van der Waals surface area (Å²) in [6.07, 6.45) is 13.8. The standard InChI is InChI=1S/C23H24O3/c1-16(15-21(24)25)9-8-10-17(2)22-19-13-6-7-14-20(19)26-23(22)18-11-4-3-5-12-18/h6-11,13-15H,3-5,12H2,1-2H3,(H,24,25)/b9-8+,16-15+,17-10-. The molecule has 0 spiro atoms. The molecule has 0 atom stereocenters. The molecule has 26 heavy (non-hydrogen) atoms. The average Bonchev–Trinajstić information content (AvgIpc) is 3.01. The molecule has 0 saturated carbocycles. The van der Waals surface area contributed by atoms with Gasteiger partial charge < -0.3 is 9.52 Å². The van der Waals surface area contributed by atoms with Crippen molar-refractivity contribution in [1.29, 1.82) is 0 Å². The summed E-state index contributed by atoms with van der Waals surface area (Å²) in [4.78, 5) is 10.7. The number of para-hydroxylation sites is 1. The second kappa shape index (κ2) is 8.05. The maximum absolute atomic E-state index is 10.7. The van der Waals surface area contributed by atoms with Crippen LogP contribution in [0.4, 0.5) is 0 Å². The fourth-order valence-electron chi connectivity index (χ4n) is 3.38. The molecule has 1 aliphatic rings. The Morgan fingerprint density at radius 2 is 2.00 bits per heavy atom. The van der Waals surface area contributed by atoms with Gasteiger partial charge in [0.05, 0.1) is 0 Å². The average molecular weight is 348 g/mol. The Hall–Kier alpha value is -2.81. The molecule has 3 heteroatoms. The second-order valence-corrected chi connectivity index (χ2v) is 6.71. The van der Waals surface area contributed by atoms with Crippen LogP contribution >= 0.6 is 0 Å². The summed E-state index contributed by atoms with van der Waals surface area (Å²) in [7, 11) is 0. The molecule has 1 aromatic carbocycles. The van der Waals surface area contributed by atoms with E-state index in [1.165, 1.54) is 24.5 Å². The van der Waals surface area contributed by atoms with Crippen LogP contribution in [0.1, 0.15) is 50.9 Å². The Balaban J connectivity index is 2.02. The number of hydrogen-bond donors (Lipinski definition) is 1. The lowest BCUT2D eigenvalue weighted by Gasteiger charge is -2.12. The van der Waals surface area contributed by atoms with Crippen molar-refractivity contribution in [2.45, 2.75) is 39.5 Å². The van der Waals surface area contributed by atoms with Crippen molar-refractivity contribution >= 4 is 28.1 Å². The molecular weight excluding hydrogens is 324 g/mol. The lowest BCUT2D eigenvalue weighted by Crippen LogP contribution is -1.93. The summed E-state index contributed by atoms with van der Waals surface area (Å²) in [5, 5.41) is 9.92. The number of fused-ring (bicyclic) bond motifs is 1. The number of hydrogen-bond acceptors (Lipinski definition) is 2. The molecule has 1 aliphatic carbocycles. The van der Waals surface area contributed by atoms with Crippen molar-refractivity contribution in [2.75, 3.05) is 0 Å². The minimum atomic E-state index is -0.930. The third-order valence-electron chi connectivity index (χ3n) is 4.63. The van der Waals surface area contributed by atoms with E-state index in [4.69, 9.17) is 9.52 Å². The minimum Gasteiger partial charge on any atom is -0.478 e. The third-order valence-corrected chi connectivity index (χ3v) is 4.63. The van der Waals surface area contributed by atoms with Crippen molar-refractivity contribution < 1.29 is 14.3 Å². The van der Waals surface area contributed by atoms with Gasteiger partial charge in [0.15, 0.2) is 0 Å². The molecular formula is C23H24O3. The Labute approximate surface area is 154 Å². The number of furan rings is 1. The topological polar surface area (TPSA) is 50.4 Å². The molecule has 0 bridgehead atoms. The van der Waals surface area contributed by atoms with Gasteiger partial charge in [-0.2, -0.15) is 0 Å².